The largest absolute Gasteiger partial charge is 0.478 e. The Morgan fingerprint density at radius 1 is 1.03 bits per heavy atom. The van der Waals surface area contributed by atoms with E-state index in [-0.39, 0.29) is 19.0 Å². The molecule has 7 nitrogen and oxygen atoms in total. The molecule has 0 aliphatic heterocycles. The summed E-state index contributed by atoms with van der Waals surface area (Å²) < 4.78 is 10.9. The number of nitrogens with zero attached hydrogens (tertiary/aromatic N) is 2. The first-order valence-electron chi connectivity index (χ1n) is 10.5. The first kappa shape index (κ1) is 22.4. The van der Waals surface area contributed by atoms with Crippen molar-refractivity contribution in [2.45, 2.75) is 12.8 Å². The van der Waals surface area contributed by atoms with Gasteiger partial charge >= 0.3 is 5.97 Å². The second-order valence-corrected chi connectivity index (χ2v) is 7.54. The van der Waals surface area contributed by atoms with Gasteiger partial charge < -0.3 is 19.7 Å². The van der Waals surface area contributed by atoms with E-state index in [1.807, 2.05) is 42.5 Å². The highest BCUT2D eigenvalue weighted by molar-refractivity contribution is 6.03. The minimum absolute atomic E-state index is 0.0415. The molecule has 0 atom stereocenters. The lowest BCUT2D eigenvalue weighted by Crippen LogP contribution is -2.03. The molecule has 2 aromatic heterocycles. The number of carbonyl (C=O) groups is 1. The van der Waals surface area contributed by atoms with Gasteiger partial charge in [-0.25, -0.2) is 9.78 Å². The Morgan fingerprint density at radius 3 is 2.55 bits per heavy atom. The van der Waals surface area contributed by atoms with Crippen molar-refractivity contribution in [1.82, 2.24) is 9.97 Å². The summed E-state index contributed by atoms with van der Waals surface area (Å²) >= 11 is 0. The number of carboxylic acid groups (broad SMARTS) is 1. The standard InChI is InChI=1S/C26H24N2O5/c1-32-16-33-25-13-19(18-6-4-17(5-7-18)3-2-12-29)8-9-20(25)24-14-21(26(30)31)22-15-27-11-10-23(22)28-24/h4-11,13-15,29H,2-3,12,16H2,1H3,(H,30,31). The fourth-order valence-electron chi connectivity index (χ4n) is 3.69. The van der Waals surface area contributed by atoms with Gasteiger partial charge in [0.15, 0.2) is 6.79 Å². The number of pyridine rings is 2. The number of methoxy groups -OCH3 is 1. The Morgan fingerprint density at radius 2 is 1.82 bits per heavy atom. The first-order chi connectivity index (χ1) is 16.1. The van der Waals surface area contributed by atoms with E-state index < -0.39 is 5.97 Å². The summed E-state index contributed by atoms with van der Waals surface area (Å²) in [5.41, 5.74) is 4.95. The molecule has 4 aromatic rings. The molecule has 0 radical (unpaired) electrons. The van der Waals surface area contributed by atoms with Crippen LogP contribution in [0.15, 0.2) is 67.0 Å². The number of rotatable bonds is 9. The SMILES string of the molecule is COCOc1cc(-c2ccc(CCCO)cc2)ccc1-c1cc(C(=O)O)c2cnccc2n1. The van der Waals surface area contributed by atoms with Crippen LogP contribution in [0.3, 0.4) is 0 Å². The van der Waals surface area contributed by atoms with Crippen molar-refractivity contribution in [3.05, 3.63) is 78.1 Å². The van der Waals surface area contributed by atoms with E-state index in [0.717, 1.165) is 29.5 Å². The van der Waals surface area contributed by atoms with Crippen LogP contribution in [0.2, 0.25) is 0 Å². The van der Waals surface area contributed by atoms with Gasteiger partial charge in [-0.2, -0.15) is 0 Å². The number of benzene rings is 2. The van der Waals surface area contributed by atoms with Crippen molar-refractivity contribution in [1.29, 1.82) is 0 Å². The van der Waals surface area contributed by atoms with Crippen LogP contribution in [-0.4, -0.2) is 46.7 Å². The monoisotopic (exact) mass is 444 g/mol. The fraction of sp³-hybridized carbons (Fsp3) is 0.192. The molecule has 33 heavy (non-hydrogen) atoms. The fourth-order valence-corrected chi connectivity index (χ4v) is 3.69. The van der Waals surface area contributed by atoms with Crippen molar-refractivity contribution < 1.29 is 24.5 Å². The van der Waals surface area contributed by atoms with Crippen LogP contribution in [0.1, 0.15) is 22.3 Å². The Hall–Kier alpha value is -3.81. The molecular weight excluding hydrogens is 420 g/mol. The molecule has 2 aromatic carbocycles. The van der Waals surface area contributed by atoms with Gasteiger partial charge in [-0.1, -0.05) is 30.3 Å². The van der Waals surface area contributed by atoms with Crippen LogP contribution in [-0.2, 0) is 11.2 Å². The molecule has 2 heterocycles. The van der Waals surface area contributed by atoms with Crippen LogP contribution in [0.4, 0.5) is 0 Å². The maximum absolute atomic E-state index is 11.9. The zero-order valence-electron chi connectivity index (χ0n) is 18.2. The quantitative estimate of drug-likeness (QED) is 0.365. The van der Waals surface area contributed by atoms with Crippen LogP contribution in [0.25, 0.3) is 33.3 Å². The van der Waals surface area contributed by atoms with Crippen LogP contribution in [0.5, 0.6) is 5.75 Å². The van der Waals surface area contributed by atoms with Crippen LogP contribution < -0.4 is 4.74 Å². The number of aromatic nitrogens is 2. The predicted octanol–water partition coefficient (Wildman–Crippen LogP) is 4.57. The van der Waals surface area contributed by atoms with E-state index in [1.165, 1.54) is 12.3 Å². The molecule has 0 amide bonds. The van der Waals surface area contributed by atoms with Crippen molar-refractivity contribution in [3.8, 4) is 28.1 Å². The molecule has 7 heteroatoms. The average Bonchev–Trinajstić information content (AvgIpc) is 2.85. The smallest absolute Gasteiger partial charge is 0.336 e. The van der Waals surface area contributed by atoms with Gasteiger partial charge in [0.25, 0.3) is 0 Å². The second-order valence-electron chi connectivity index (χ2n) is 7.54. The zero-order valence-corrected chi connectivity index (χ0v) is 18.2. The summed E-state index contributed by atoms with van der Waals surface area (Å²) in [7, 11) is 1.54. The average molecular weight is 444 g/mol. The van der Waals surface area contributed by atoms with E-state index in [4.69, 9.17) is 14.6 Å². The highest BCUT2D eigenvalue weighted by atomic mass is 16.7. The van der Waals surface area contributed by atoms with E-state index in [9.17, 15) is 9.90 Å². The van der Waals surface area contributed by atoms with Gasteiger partial charge in [0, 0.05) is 37.1 Å². The highest BCUT2D eigenvalue weighted by Gasteiger charge is 2.16. The second kappa shape index (κ2) is 10.2. The van der Waals surface area contributed by atoms with Crippen LogP contribution >= 0.6 is 0 Å². The van der Waals surface area contributed by atoms with Gasteiger partial charge in [0.1, 0.15) is 5.75 Å². The van der Waals surface area contributed by atoms with Gasteiger partial charge in [-0.05, 0) is 53.8 Å². The summed E-state index contributed by atoms with van der Waals surface area (Å²) in [5, 5.41) is 19.2. The van der Waals surface area contributed by atoms with E-state index in [1.54, 1.807) is 19.4 Å². The third-order valence-corrected chi connectivity index (χ3v) is 5.34. The number of aliphatic hydroxyl groups is 1. The number of ether oxygens (including phenoxy) is 2. The number of hydrogen-bond donors (Lipinski definition) is 2. The molecule has 168 valence electrons. The lowest BCUT2D eigenvalue weighted by atomic mass is 9.98. The normalized spacial score (nSPS) is 11.0. The topological polar surface area (TPSA) is 102 Å². The molecule has 2 N–H and O–H groups in total. The minimum atomic E-state index is -1.05. The Kier molecular flexibility index (Phi) is 6.92. The lowest BCUT2D eigenvalue weighted by Gasteiger charge is -2.14. The van der Waals surface area contributed by atoms with Gasteiger partial charge in [-0.3, -0.25) is 4.98 Å². The van der Waals surface area contributed by atoms with E-state index >= 15 is 0 Å². The molecule has 0 saturated heterocycles. The van der Waals surface area contributed by atoms with Gasteiger partial charge in [0.2, 0.25) is 0 Å². The molecule has 0 spiro atoms. The Balaban J connectivity index is 1.77. The zero-order chi connectivity index (χ0) is 23.2. The molecular formula is C26H24N2O5. The number of hydrogen-bond acceptors (Lipinski definition) is 6. The highest BCUT2D eigenvalue weighted by Crippen LogP contribution is 2.35. The van der Waals surface area contributed by atoms with Crippen molar-refractivity contribution in [2.24, 2.45) is 0 Å². The number of carboxylic acids is 1. The maximum Gasteiger partial charge on any atom is 0.336 e. The van der Waals surface area contributed by atoms with Crippen LogP contribution in [0, 0.1) is 0 Å². The number of aliphatic hydroxyl groups excluding tert-OH is 1. The molecule has 0 bridgehead atoms. The van der Waals surface area contributed by atoms with Crippen molar-refractivity contribution in [2.75, 3.05) is 20.5 Å². The predicted molar refractivity (Wildman–Crippen MR) is 125 cm³/mol. The van der Waals surface area contributed by atoms with Gasteiger partial charge in [-0.15, -0.1) is 0 Å². The van der Waals surface area contributed by atoms with Crippen molar-refractivity contribution in [3.63, 3.8) is 0 Å². The van der Waals surface area contributed by atoms with Gasteiger partial charge in [0.05, 0.1) is 16.8 Å². The molecule has 4 rings (SSSR count). The molecule has 0 aliphatic carbocycles. The number of fused-ring (bicyclic) bond motifs is 1. The number of aryl methyl sites for hydroxylation is 1. The summed E-state index contributed by atoms with van der Waals surface area (Å²) in [6.07, 6.45) is 4.65. The Bertz CT molecular complexity index is 1270. The Labute approximate surface area is 191 Å². The summed E-state index contributed by atoms with van der Waals surface area (Å²) in [6.45, 7) is 0.214. The molecule has 0 aliphatic rings. The molecule has 0 saturated carbocycles. The first-order valence-corrected chi connectivity index (χ1v) is 10.5. The molecule has 0 fully saturated rings. The van der Waals surface area contributed by atoms with Crippen molar-refractivity contribution >= 4 is 16.9 Å². The van der Waals surface area contributed by atoms with E-state index in [0.29, 0.717) is 27.9 Å². The lowest BCUT2D eigenvalue weighted by molar-refractivity contribution is 0.0515. The summed E-state index contributed by atoms with van der Waals surface area (Å²) in [5.74, 6) is -0.509. The number of aromatic carboxylic acids is 1. The third kappa shape index (κ3) is 5.00. The minimum Gasteiger partial charge on any atom is -0.478 e. The summed E-state index contributed by atoms with van der Waals surface area (Å²) in [6, 6.07) is 17.1. The maximum atomic E-state index is 11.9. The van der Waals surface area contributed by atoms with E-state index in [2.05, 4.69) is 9.97 Å². The summed E-state index contributed by atoms with van der Waals surface area (Å²) in [4.78, 5) is 20.5. The molecule has 0 unspecified atom stereocenters. The third-order valence-electron chi connectivity index (χ3n) is 5.34.